The molecule has 0 rings (SSSR count). The van der Waals surface area contributed by atoms with Gasteiger partial charge in [0.1, 0.15) is 6.61 Å². The molecule has 4 nitrogen and oxygen atoms in total. The first-order valence-corrected chi connectivity index (χ1v) is 2.11. The number of aliphatic hydroxyl groups is 2. The molecule has 0 bridgehead atoms. The van der Waals surface area contributed by atoms with Crippen LogP contribution in [0.15, 0.2) is 0 Å². The Bertz CT molecular complexity index is 61.1. The lowest BCUT2D eigenvalue weighted by molar-refractivity contribution is -0.342. The fourth-order valence-electron chi connectivity index (χ4n) is 0.247. The van der Waals surface area contributed by atoms with Crippen LogP contribution in [0.2, 0.25) is 0 Å². The molecule has 0 aromatic carbocycles. The van der Waals surface area contributed by atoms with Gasteiger partial charge in [0, 0.05) is 14.2 Å². The Morgan fingerprint density at radius 2 is 1.88 bits per heavy atom. The van der Waals surface area contributed by atoms with Crippen molar-refractivity contribution in [2.75, 3.05) is 20.8 Å². The van der Waals surface area contributed by atoms with E-state index in [9.17, 15) is 0 Å². The van der Waals surface area contributed by atoms with Gasteiger partial charge in [-0.15, -0.1) is 0 Å². The minimum Gasteiger partial charge on any atom is -0.376 e. The van der Waals surface area contributed by atoms with Gasteiger partial charge in [-0.3, -0.25) is 0 Å². The Labute approximate surface area is 47.6 Å². The van der Waals surface area contributed by atoms with Gasteiger partial charge in [0.05, 0.1) is 0 Å². The maximum absolute atomic E-state index is 8.53. The van der Waals surface area contributed by atoms with Crippen molar-refractivity contribution >= 4 is 0 Å². The lowest BCUT2D eigenvalue weighted by Crippen LogP contribution is -2.35. The van der Waals surface area contributed by atoms with Crippen molar-refractivity contribution in [3.05, 3.63) is 0 Å². The van der Waals surface area contributed by atoms with Crippen LogP contribution < -0.4 is 0 Å². The van der Waals surface area contributed by atoms with E-state index in [2.05, 4.69) is 9.47 Å². The zero-order valence-corrected chi connectivity index (χ0v) is 4.92. The second kappa shape index (κ2) is 2.99. The second-order valence-electron chi connectivity index (χ2n) is 1.38. The van der Waals surface area contributed by atoms with E-state index in [4.69, 9.17) is 10.2 Å². The van der Waals surface area contributed by atoms with E-state index < -0.39 is 5.97 Å². The summed E-state index contributed by atoms with van der Waals surface area (Å²) in [6, 6.07) is 0. The first-order chi connectivity index (χ1) is 3.62. The van der Waals surface area contributed by atoms with Crippen LogP contribution in [0.3, 0.4) is 0 Å². The van der Waals surface area contributed by atoms with Gasteiger partial charge in [-0.25, -0.2) is 0 Å². The number of hydrogen-bond acceptors (Lipinski definition) is 4. The SMILES string of the molecule is COCC(O)(O)OC. The van der Waals surface area contributed by atoms with Crippen molar-refractivity contribution in [2.45, 2.75) is 5.97 Å². The average Bonchev–Trinajstić information content (AvgIpc) is 1.67. The lowest BCUT2D eigenvalue weighted by atomic mass is 10.6. The van der Waals surface area contributed by atoms with Gasteiger partial charge in [-0.2, -0.15) is 0 Å². The van der Waals surface area contributed by atoms with Gasteiger partial charge in [0.15, 0.2) is 0 Å². The van der Waals surface area contributed by atoms with E-state index in [1.807, 2.05) is 0 Å². The maximum Gasteiger partial charge on any atom is 0.302 e. The highest BCUT2D eigenvalue weighted by atomic mass is 16.8. The molecule has 0 aliphatic heterocycles. The van der Waals surface area contributed by atoms with E-state index in [0.717, 1.165) is 0 Å². The third-order valence-electron chi connectivity index (χ3n) is 0.659. The van der Waals surface area contributed by atoms with Crippen LogP contribution in [0, 0.1) is 0 Å². The summed E-state index contributed by atoms with van der Waals surface area (Å²) in [5, 5.41) is 17.1. The topological polar surface area (TPSA) is 58.9 Å². The highest BCUT2D eigenvalue weighted by Crippen LogP contribution is 1.97. The van der Waals surface area contributed by atoms with Gasteiger partial charge in [-0.05, 0) is 0 Å². The van der Waals surface area contributed by atoms with Gasteiger partial charge in [0.25, 0.3) is 0 Å². The summed E-state index contributed by atoms with van der Waals surface area (Å²) in [5.41, 5.74) is 0. The molecule has 0 atom stereocenters. The van der Waals surface area contributed by atoms with Crippen molar-refractivity contribution in [2.24, 2.45) is 0 Å². The minimum atomic E-state index is -2.13. The quantitative estimate of drug-likeness (QED) is 0.467. The molecule has 0 aliphatic carbocycles. The predicted octanol–water partition coefficient (Wildman–Crippen LogP) is -1.08. The molecule has 8 heavy (non-hydrogen) atoms. The predicted molar refractivity (Wildman–Crippen MR) is 26.1 cm³/mol. The Hall–Kier alpha value is -0.160. The Balaban J connectivity index is 3.37. The third-order valence-corrected chi connectivity index (χ3v) is 0.659. The number of hydrogen-bond donors (Lipinski definition) is 2. The molecule has 4 heteroatoms. The van der Waals surface area contributed by atoms with Crippen molar-refractivity contribution in [3.63, 3.8) is 0 Å². The van der Waals surface area contributed by atoms with Crippen molar-refractivity contribution in [1.29, 1.82) is 0 Å². The molecule has 0 unspecified atom stereocenters. The summed E-state index contributed by atoms with van der Waals surface area (Å²) in [4.78, 5) is 0. The summed E-state index contributed by atoms with van der Waals surface area (Å²) in [6.07, 6.45) is 0. The van der Waals surface area contributed by atoms with Crippen molar-refractivity contribution < 1.29 is 19.7 Å². The molecule has 0 aliphatic rings. The zero-order valence-electron chi connectivity index (χ0n) is 4.92. The number of rotatable bonds is 3. The highest BCUT2D eigenvalue weighted by Gasteiger charge is 2.20. The van der Waals surface area contributed by atoms with E-state index in [1.54, 1.807) is 0 Å². The van der Waals surface area contributed by atoms with Crippen LogP contribution in [0.5, 0.6) is 0 Å². The molecule has 0 saturated heterocycles. The summed E-state index contributed by atoms with van der Waals surface area (Å²) in [7, 11) is 2.53. The van der Waals surface area contributed by atoms with E-state index in [-0.39, 0.29) is 6.61 Å². The van der Waals surface area contributed by atoms with Gasteiger partial charge >= 0.3 is 5.97 Å². The van der Waals surface area contributed by atoms with Gasteiger partial charge < -0.3 is 19.7 Å². The number of methoxy groups -OCH3 is 2. The number of ether oxygens (including phenoxy) is 2. The summed E-state index contributed by atoms with van der Waals surface area (Å²) in [5.74, 6) is -2.13. The molecular weight excluding hydrogens is 112 g/mol. The van der Waals surface area contributed by atoms with Crippen LogP contribution in [-0.4, -0.2) is 37.0 Å². The molecule has 50 valence electrons. The Kier molecular flexibility index (Phi) is 2.93. The van der Waals surface area contributed by atoms with E-state index >= 15 is 0 Å². The Morgan fingerprint density at radius 3 is 2.00 bits per heavy atom. The molecule has 0 saturated carbocycles. The normalized spacial score (nSPS) is 12.0. The molecule has 0 fully saturated rings. The van der Waals surface area contributed by atoms with Crippen LogP contribution in [-0.2, 0) is 9.47 Å². The average molecular weight is 122 g/mol. The molecule has 0 spiro atoms. The first-order valence-electron chi connectivity index (χ1n) is 2.11. The molecule has 0 aromatic heterocycles. The highest BCUT2D eigenvalue weighted by molar-refractivity contribution is 4.42. The van der Waals surface area contributed by atoms with Gasteiger partial charge in [-0.1, -0.05) is 0 Å². The zero-order chi connectivity index (χ0) is 6.62. The standard InChI is InChI=1S/C4H10O4/c1-7-3-4(5,6)8-2/h5-6H,3H2,1-2H3. The molecule has 0 heterocycles. The van der Waals surface area contributed by atoms with E-state index in [1.165, 1.54) is 14.2 Å². The fourth-order valence-corrected chi connectivity index (χ4v) is 0.247. The van der Waals surface area contributed by atoms with Gasteiger partial charge in [0.2, 0.25) is 0 Å². The maximum atomic E-state index is 8.53. The molecule has 0 amide bonds. The summed E-state index contributed by atoms with van der Waals surface area (Å²) < 4.78 is 8.54. The van der Waals surface area contributed by atoms with Crippen LogP contribution in [0.4, 0.5) is 0 Å². The minimum absolute atomic E-state index is 0.247. The van der Waals surface area contributed by atoms with E-state index in [0.29, 0.717) is 0 Å². The molecule has 0 radical (unpaired) electrons. The van der Waals surface area contributed by atoms with Crippen LogP contribution in [0.1, 0.15) is 0 Å². The monoisotopic (exact) mass is 122 g/mol. The van der Waals surface area contributed by atoms with Crippen molar-refractivity contribution in [3.8, 4) is 0 Å². The largest absolute Gasteiger partial charge is 0.376 e. The molecule has 2 N–H and O–H groups in total. The lowest BCUT2D eigenvalue weighted by Gasteiger charge is -2.16. The Morgan fingerprint density at radius 1 is 1.38 bits per heavy atom. The second-order valence-corrected chi connectivity index (χ2v) is 1.38. The fraction of sp³-hybridized carbons (Fsp3) is 1.00. The van der Waals surface area contributed by atoms with Crippen LogP contribution >= 0.6 is 0 Å². The van der Waals surface area contributed by atoms with Crippen molar-refractivity contribution in [1.82, 2.24) is 0 Å². The third kappa shape index (κ3) is 2.92. The smallest absolute Gasteiger partial charge is 0.302 e. The first kappa shape index (κ1) is 7.84. The summed E-state index contributed by atoms with van der Waals surface area (Å²) in [6.45, 7) is -0.247. The summed E-state index contributed by atoms with van der Waals surface area (Å²) >= 11 is 0. The molecular formula is C4H10O4. The molecule has 0 aromatic rings. The van der Waals surface area contributed by atoms with Crippen LogP contribution in [0.25, 0.3) is 0 Å².